The molecule has 1 N–H and O–H groups in total. The van der Waals surface area contributed by atoms with Crippen LogP contribution in [0.3, 0.4) is 0 Å². The van der Waals surface area contributed by atoms with Crippen LogP contribution >= 0.6 is 27.5 Å². The van der Waals surface area contributed by atoms with Gasteiger partial charge >= 0.3 is 0 Å². The lowest BCUT2D eigenvalue weighted by atomic mass is 10.2. The zero-order chi connectivity index (χ0) is 15.4. The highest BCUT2D eigenvalue weighted by Crippen LogP contribution is 2.33. The lowest BCUT2D eigenvalue weighted by molar-refractivity contribution is 0.468. The number of hydrogen-bond acceptors (Lipinski definition) is 2. The molecule has 0 saturated heterocycles. The van der Waals surface area contributed by atoms with E-state index >= 15 is 0 Å². The van der Waals surface area contributed by atoms with Crippen molar-refractivity contribution >= 4 is 27.5 Å². The lowest BCUT2D eigenvalue weighted by Gasteiger charge is -2.14. The molecule has 2 aromatic carbocycles. The molecule has 0 spiro atoms. The minimum atomic E-state index is -0.384. The van der Waals surface area contributed by atoms with Gasteiger partial charge in [-0.1, -0.05) is 41.4 Å². The van der Waals surface area contributed by atoms with Crippen LogP contribution in [0, 0.1) is 5.82 Å². The predicted octanol–water partition coefficient (Wildman–Crippen LogP) is 5.53. The molecule has 112 valence electrons. The summed E-state index contributed by atoms with van der Waals surface area (Å²) in [6, 6.07) is 10.2. The van der Waals surface area contributed by atoms with Crippen molar-refractivity contribution in [3.8, 4) is 11.5 Å². The first kappa shape index (κ1) is 16.3. The fourth-order valence-corrected chi connectivity index (χ4v) is 2.39. The van der Waals surface area contributed by atoms with Crippen LogP contribution in [0.15, 0.2) is 40.9 Å². The molecule has 0 unspecified atom stereocenters. The van der Waals surface area contributed by atoms with Gasteiger partial charge in [-0.25, -0.2) is 4.39 Å². The van der Waals surface area contributed by atoms with Gasteiger partial charge in [0.25, 0.3) is 0 Å². The highest BCUT2D eigenvalue weighted by Gasteiger charge is 2.09. The van der Waals surface area contributed by atoms with E-state index in [1.165, 1.54) is 18.2 Å². The summed E-state index contributed by atoms with van der Waals surface area (Å²) in [5, 5.41) is 3.60. The molecule has 0 saturated carbocycles. The van der Waals surface area contributed by atoms with Crippen molar-refractivity contribution < 1.29 is 9.13 Å². The Bertz CT molecular complexity index is 634. The van der Waals surface area contributed by atoms with Crippen molar-refractivity contribution in [1.29, 1.82) is 0 Å². The van der Waals surface area contributed by atoms with E-state index in [1.807, 2.05) is 18.2 Å². The normalized spacial score (nSPS) is 11.0. The molecule has 0 aliphatic rings. The lowest BCUT2D eigenvalue weighted by Crippen LogP contribution is -2.22. The van der Waals surface area contributed by atoms with E-state index in [1.54, 1.807) is 0 Å². The number of halogens is 3. The molecule has 0 heterocycles. The van der Waals surface area contributed by atoms with Crippen molar-refractivity contribution in [2.75, 3.05) is 0 Å². The molecule has 21 heavy (non-hydrogen) atoms. The van der Waals surface area contributed by atoms with Crippen LogP contribution in [-0.2, 0) is 6.54 Å². The summed E-state index contributed by atoms with van der Waals surface area (Å²) in [5.41, 5.74) is 0.999. The third kappa shape index (κ3) is 4.70. The summed E-state index contributed by atoms with van der Waals surface area (Å²) in [7, 11) is 0. The van der Waals surface area contributed by atoms with Gasteiger partial charge in [-0.05, 0) is 36.4 Å². The average Bonchev–Trinajstić information content (AvgIpc) is 2.41. The highest BCUT2D eigenvalue weighted by molar-refractivity contribution is 9.10. The molecule has 2 rings (SSSR count). The summed E-state index contributed by atoms with van der Waals surface area (Å²) in [6.45, 7) is 4.83. The third-order valence-corrected chi connectivity index (χ3v) is 3.63. The van der Waals surface area contributed by atoms with Gasteiger partial charge in [0.05, 0.1) is 5.02 Å². The van der Waals surface area contributed by atoms with Gasteiger partial charge in [0.1, 0.15) is 17.3 Å². The minimum absolute atomic E-state index is 0.251. The van der Waals surface area contributed by atoms with E-state index in [-0.39, 0.29) is 10.8 Å². The fraction of sp³-hybridized carbons (Fsp3) is 0.250. The molecular formula is C16H16BrClFNO. The van der Waals surface area contributed by atoms with Gasteiger partial charge in [0.2, 0.25) is 0 Å². The van der Waals surface area contributed by atoms with Crippen LogP contribution in [-0.4, -0.2) is 6.04 Å². The summed E-state index contributed by atoms with van der Waals surface area (Å²) < 4.78 is 19.9. The molecule has 5 heteroatoms. The molecule has 2 aromatic rings. The van der Waals surface area contributed by atoms with Crippen LogP contribution in [0.25, 0.3) is 0 Å². The van der Waals surface area contributed by atoms with E-state index in [0.717, 1.165) is 10.0 Å². The predicted molar refractivity (Wildman–Crippen MR) is 87.6 cm³/mol. The SMILES string of the molecule is CC(C)NCc1cc(Br)ccc1Oc1ccc(F)cc1Cl. The molecule has 0 aromatic heterocycles. The Morgan fingerprint density at radius 3 is 2.57 bits per heavy atom. The Morgan fingerprint density at radius 1 is 1.19 bits per heavy atom. The summed E-state index contributed by atoms with van der Waals surface area (Å²) in [5.74, 6) is 0.746. The van der Waals surface area contributed by atoms with Crippen molar-refractivity contribution in [1.82, 2.24) is 5.32 Å². The van der Waals surface area contributed by atoms with E-state index in [4.69, 9.17) is 16.3 Å². The second-order valence-corrected chi connectivity index (χ2v) is 6.29. The zero-order valence-electron chi connectivity index (χ0n) is 11.8. The van der Waals surface area contributed by atoms with Crippen molar-refractivity contribution in [3.63, 3.8) is 0 Å². The molecule has 0 aliphatic heterocycles. The summed E-state index contributed by atoms with van der Waals surface area (Å²) >= 11 is 9.45. The number of benzene rings is 2. The molecule has 2 nitrogen and oxygen atoms in total. The number of rotatable bonds is 5. The van der Waals surface area contributed by atoms with Crippen molar-refractivity contribution in [2.45, 2.75) is 26.4 Å². The second-order valence-electron chi connectivity index (χ2n) is 4.96. The first-order valence-corrected chi connectivity index (χ1v) is 7.77. The number of hydrogen-bond donors (Lipinski definition) is 1. The van der Waals surface area contributed by atoms with E-state index in [0.29, 0.717) is 24.1 Å². The molecular weight excluding hydrogens is 357 g/mol. The van der Waals surface area contributed by atoms with Gasteiger partial charge in [0, 0.05) is 22.6 Å². The standard InChI is InChI=1S/C16H16BrClFNO/c1-10(2)20-9-11-7-12(17)3-5-15(11)21-16-6-4-13(19)8-14(16)18/h3-8,10,20H,9H2,1-2H3. The molecule has 0 radical (unpaired) electrons. The van der Waals surface area contributed by atoms with Crippen LogP contribution in [0.4, 0.5) is 4.39 Å². The van der Waals surface area contributed by atoms with Gasteiger partial charge in [-0.3, -0.25) is 0 Å². The van der Waals surface area contributed by atoms with E-state index in [2.05, 4.69) is 35.1 Å². The Hall–Kier alpha value is -1.10. The Kier molecular flexibility index (Phi) is 5.62. The Morgan fingerprint density at radius 2 is 1.90 bits per heavy atom. The summed E-state index contributed by atoms with van der Waals surface area (Å²) in [4.78, 5) is 0. The van der Waals surface area contributed by atoms with Gasteiger partial charge in [0.15, 0.2) is 0 Å². The van der Waals surface area contributed by atoms with Crippen LogP contribution < -0.4 is 10.1 Å². The topological polar surface area (TPSA) is 21.3 Å². The van der Waals surface area contributed by atoms with Gasteiger partial charge in [-0.2, -0.15) is 0 Å². The number of ether oxygens (including phenoxy) is 1. The van der Waals surface area contributed by atoms with Crippen molar-refractivity contribution in [2.24, 2.45) is 0 Å². The van der Waals surface area contributed by atoms with Gasteiger partial charge < -0.3 is 10.1 Å². The summed E-state index contributed by atoms with van der Waals surface area (Å²) in [6.07, 6.45) is 0. The van der Waals surface area contributed by atoms with E-state index < -0.39 is 0 Å². The molecule has 0 aliphatic carbocycles. The van der Waals surface area contributed by atoms with Crippen LogP contribution in [0.5, 0.6) is 11.5 Å². The van der Waals surface area contributed by atoms with Gasteiger partial charge in [-0.15, -0.1) is 0 Å². The Balaban J connectivity index is 2.26. The average molecular weight is 373 g/mol. The first-order valence-electron chi connectivity index (χ1n) is 6.60. The molecule has 0 atom stereocenters. The molecule has 0 fully saturated rings. The quantitative estimate of drug-likeness (QED) is 0.745. The monoisotopic (exact) mass is 371 g/mol. The largest absolute Gasteiger partial charge is 0.455 e. The molecule has 0 amide bonds. The maximum absolute atomic E-state index is 13.1. The minimum Gasteiger partial charge on any atom is -0.455 e. The zero-order valence-corrected chi connectivity index (χ0v) is 14.1. The smallest absolute Gasteiger partial charge is 0.146 e. The first-order chi connectivity index (χ1) is 9.95. The van der Waals surface area contributed by atoms with Crippen molar-refractivity contribution in [3.05, 3.63) is 57.3 Å². The number of nitrogens with one attached hydrogen (secondary N) is 1. The maximum atomic E-state index is 13.1. The Labute approximate surface area is 137 Å². The fourth-order valence-electron chi connectivity index (χ4n) is 1.78. The molecule has 0 bridgehead atoms. The third-order valence-electron chi connectivity index (χ3n) is 2.84. The van der Waals surface area contributed by atoms with Crippen LogP contribution in [0.1, 0.15) is 19.4 Å². The van der Waals surface area contributed by atoms with Crippen LogP contribution in [0.2, 0.25) is 5.02 Å². The second kappa shape index (κ2) is 7.25. The highest BCUT2D eigenvalue weighted by atomic mass is 79.9. The maximum Gasteiger partial charge on any atom is 0.146 e. The van der Waals surface area contributed by atoms with E-state index in [9.17, 15) is 4.39 Å².